The Bertz CT molecular complexity index is 1100. The minimum Gasteiger partial charge on any atom is -0.267 e. The van der Waals surface area contributed by atoms with Crippen LogP contribution in [-0.4, -0.2) is 16.8 Å². The van der Waals surface area contributed by atoms with Crippen molar-refractivity contribution in [1.29, 1.82) is 0 Å². The molecule has 0 aliphatic rings. The number of halogens is 1. The molecular formula is C27H29FN2O2. The van der Waals surface area contributed by atoms with Crippen LogP contribution in [0.5, 0.6) is 0 Å². The third kappa shape index (κ3) is 5.22. The molecule has 3 rings (SSSR count). The molecule has 5 heteroatoms. The Hall–Kier alpha value is -3.47. The molecule has 0 saturated heterocycles. The van der Waals surface area contributed by atoms with Crippen molar-refractivity contribution in [2.24, 2.45) is 5.41 Å². The summed E-state index contributed by atoms with van der Waals surface area (Å²) in [5, 5.41) is 1.35. The molecular weight excluding hydrogens is 403 g/mol. The first-order chi connectivity index (χ1) is 15.1. The predicted molar refractivity (Wildman–Crippen MR) is 125 cm³/mol. The lowest BCUT2D eigenvalue weighted by Crippen LogP contribution is -2.51. The average Bonchev–Trinajstić information content (AvgIpc) is 2.72. The second kappa shape index (κ2) is 9.35. The number of carbonyl (C=O) groups is 2. The number of hydrogen-bond acceptors (Lipinski definition) is 2. The van der Waals surface area contributed by atoms with Gasteiger partial charge < -0.3 is 0 Å². The van der Waals surface area contributed by atoms with Crippen molar-refractivity contribution in [2.75, 3.05) is 0 Å². The van der Waals surface area contributed by atoms with Crippen molar-refractivity contribution in [3.8, 4) is 0 Å². The molecule has 0 bridgehead atoms. The summed E-state index contributed by atoms with van der Waals surface area (Å²) < 4.78 is 14.3. The first kappa shape index (κ1) is 23.2. The van der Waals surface area contributed by atoms with Gasteiger partial charge >= 0.3 is 0 Å². The summed E-state index contributed by atoms with van der Waals surface area (Å²) in [4.78, 5) is 26.8. The van der Waals surface area contributed by atoms with Crippen LogP contribution in [0.4, 0.5) is 4.39 Å². The summed E-state index contributed by atoms with van der Waals surface area (Å²) in [6.45, 7) is 9.85. The smallest absolute Gasteiger partial charge is 0.267 e. The van der Waals surface area contributed by atoms with E-state index in [9.17, 15) is 14.0 Å². The molecule has 0 saturated carbocycles. The van der Waals surface area contributed by atoms with E-state index in [2.05, 4.69) is 5.43 Å². The van der Waals surface area contributed by atoms with Gasteiger partial charge in [0.05, 0.1) is 11.6 Å². The van der Waals surface area contributed by atoms with Gasteiger partial charge in [0.25, 0.3) is 11.8 Å². The van der Waals surface area contributed by atoms with E-state index in [1.165, 1.54) is 23.2 Å². The first-order valence-electron chi connectivity index (χ1n) is 10.6. The fraction of sp³-hybridized carbons (Fsp3) is 0.259. The van der Waals surface area contributed by atoms with Crippen molar-refractivity contribution in [3.05, 3.63) is 106 Å². The average molecular weight is 433 g/mol. The van der Waals surface area contributed by atoms with Crippen LogP contribution in [-0.2, 0) is 0 Å². The van der Waals surface area contributed by atoms with Gasteiger partial charge in [-0.2, -0.15) is 0 Å². The van der Waals surface area contributed by atoms with Gasteiger partial charge in [0, 0.05) is 5.56 Å². The number of rotatable bonds is 4. The molecule has 0 heterocycles. The van der Waals surface area contributed by atoms with Crippen molar-refractivity contribution in [1.82, 2.24) is 10.4 Å². The molecule has 0 radical (unpaired) electrons. The summed E-state index contributed by atoms with van der Waals surface area (Å²) in [7, 11) is 0. The molecule has 3 aromatic rings. The van der Waals surface area contributed by atoms with Crippen LogP contribution in [0.15, 0.2) is 72.8 Å². The summed E-state index contributed by atoms with van der Waals surface area (Å²) in [5.74, 6) is -1.67. The highest BCUT2D eigenvalue weighted by Gasteiger charge is 2.37. The van der Waals surface area contributed by atoms with E-state index in [-0.39, 0.29) is 11.5 Å². The molecule has 1 atom stereocenters. The largest absolute Gasteiger partial charge is 0.272 e. The summed E-state index contributed by atoms with van der Waals surface area (Å²) in [6.07, 6.45) is 0. The van der Waals surface area contributed by atoms with Crippen LogP contribution < -0.4 is 5.43 Å². The summed E-state index contributed by atoms with van der Waals surface area (Å²) >= 11 is 0. The summed E-state index contributed by atoms with van der Waals surface area (Å²) in [6, 6.07) is 20.4. The normalized spacial score (nSPS) is 12.2. The molecule has 3 aromatic carbocycles. The predicted octanol–water partition coefficient (Wildman–Crippen LogP) is 6.02. The Morgan fingerprint density at radius 1 is 0.875 bits per heavy atom. The third-order valence-corrected chi connectivity index (χ3v) is 5.22. The van der Waals surface area contributed by atoms with Gasteiger partial charge in [-0.3, -0.25) is 15.0 Å². The maximum Gasteiger partial charge on any atom is 0.272 e. The molecule has 0 aromatic heterocycles. The Labute approximate surface area is 189 Å². The number of aryl methyl sites for hydroxylation is 2. The minimum absolute atomic E-state index is 0.119. The van der Waals surface area contributed by atoms with Crippen molar-refractivity contribution in [2.45, 2.75) is 40.7 Å². The first-order valence-corrected chi connectivity index (χ1v) is 10.6. The van der Waals surface area contributed by atoms with E-state index < -0.39 is 23.2 Å². The fourth-order valence-electron chi connectivity index (χ4n) is 3.96. The highest BCUT2D eigenvalue weighted by atomic mass is 19.1. The number of amides is 2. The second-order valence-corrected chi connectivity index (χ2v) is 9.15. The van der Waals surface area contributed by atoms with Gasteiger partial charge in [0.15, 0.2) is 0 Å². The number of benzene rings is 3. The lowest BCUT2D eigenvalue weighted by atomic mass is 9.81. The van der Waals surface area contributed by atoms with Gasteiger partial charge in [-0.05, 0) is 49.1 Å². The van der Waals surface area contributed by atoms with E-state index >= 15 is 0 Å². The van der Waals surface area contributed by atoms with Gasteiger partial charge in [-0.15, -0.1) is 0 Å². The SMILES string of the molecule is Cc1cc(C)cc(C(=O)N(NC(=O)c2ccccc2F)C(c2ccccc2)C(C)(C)C)c1. The fourth-order valence-corrected chi connectivity index (χ4v) is 3.96. The number of nitrogens with one attached hydrogen (secondary N) is 1. The molecule has 0 fully saturated rings. The molecule has 32 heavy (non-hydrogen) atoms. The third-order valence-electron chi connectivity index (χ3n) is 5.22. The molecule has 0 aliphatic carbocycles. The standard InChI is InChI=1S/C27H29FN2O2/c1-18-15-19(2)17-21(16-18)26(32)30(29-25(31)22-13-9-10-14-23(22)28)24(27(3,4)5)20-11-7-6-8-12-20/h6-17,24H,1-5H3,(H,29,31). The molecule has 166 valence electrons. The van der Waals surface area contributed by atoms with Crippen LogP contribution in [0.25, 0.3) is 0 Å². The number of carbonyl (C=O) groups excluding carboxylic acids is 2. The Kier molecular flexibility index (Phi) is 6.78. The van der Waals surface area contributed by atoms with Gasteiger partial charge in [0.2, 0.25) is 0 Å². The molecule has 0 aliphatic heterocycles. The Morgan fingerprint density at radius 2 is 1.44 bits per heavy atom. The van der Waals surface area contributed by atoms with Crippen LogP contribution in [0.1, 0.15) is 64.2 Å². The zero-order chi connectivity index (χ0) is 23.5. The Balaban J connectivity index is 2.12. The monoisotopic (exact) mass is 432 g/mol. The van der Waals surface area contributed by atoms with E-state index in [4.69, 9.17) is 0 Å². The Morgan fingerprint density at radius 3 is 2.00 bits per heavy atom. The maximum atomic E-state index is 14.3. The van der Waals surface area contributed by atoms with Gasteiger partial charge in [0.1, 0.15) is 5.82 Å². The quantitative estimate of drug-likeness (QED) is 0.513. The topological polar surface area (TPSA) is 49.4 Å². The van der Waals surface area contributed by atoms with E-state index in [0.29, 0.717) is 5.56 Å². The number of nitrogens with zero attached hydrogens (tertiary/aromatic N) is 1. The maximum absolute atomic E-state index is 14.3. The van der Waals surface area contributed by atoms with E-state index in [1.807, 2.05) is 71.0 Å². The number of hydrogen-bond donors (Lipinski definition) is 1. The molecule has 2 amide bonds. The zero-order valence-electron chi connectivity index (χ0n) is 19.1. The van der Waals surface area contributed by atoms with Crippen LogP contribution in [0, 0.1) is 25.1 Å². The molecule has 4 nitrogen and oxygen atoms in total. The zero-order valence-corrected chi connectivity index (χ0v) is 19.1. The summed E-state index contributed by atoms with van der Waals surface area (Å²) in [5.41, 5.74) is 5.39. The second-order valence-electron chi connectivity index (χ2n) is 9.15. The molecule has 1 unspecified atom stereocenters. The molecule has 0 spiro atoms. The van der Waals surface area contributed by atoms with Crippen LogP contribution >= 0.6 is 0 Å². The minimum atomic E-state index is -0.675. The van der Waals surface area contributed by atoms with Gasteiger partial charge in [-0.1, -0.05) is 80.4 Å². The van der Waals surface area contributed by atoms with Crippen molar-refractivity contribution in [3.63, 3.8) is 0 Å². The lowest BCUT2D eigenvalue weighted by molar-refractivity contribution is 0.0287. The molecule has 1 N–H and O–H groups in total. The van der Waals surface area contributed by atoms with Crippen molar-refractivity contribution < 1.29 is 14.0 Å². The lowest BCUT2D eigenvalue weighted by Gasteiger charge is -2.40. The highest BCUT2D eigenvalue weighted by Crippen LogP contribution is 2.38. The van der Waals surface area contributed by atoms with Crippen molar-refractivity contribution >= 4 is 11.8 Å². The van der Waals surface area contributed by atoms with E-state index in [0.717, 1.165) is 16.7 Å². The van der Waals surface area contributed by atoms with Crippen LogP contribution in [0.3, 0.4) is 0 Å². The number of hydrazine groups is 1. The van der Waals surface area contributed by atoms with E-state index in [1.54, 1.807) is 18.2 Å². The van der Waals surface area contributed by atoms with Gasteiger partial charge in [-0.25, -0.2) is 9.40 Å². The van der Waals surface area contributed by atoms with Crippen LogP contribution in [0.2, 0.25) is 0 Å². The highest BCUT2D eigenvalue weighted by molar-refractivity contribution is 5.99.